The van der Waals surface area contributed by atoms with Gasteiger partial charge < -0.3 is 14.8 Å². The van der Waals surface area contributed by atoms with Crippen molar-refractivity contribution < 1.29 is 19.1 Å². The minimum atomic E-state index is -1.04. The predicted octanol–water partition coefficient (Wildman–Crippen LogP) is 1.59. The molecule has 0 spiro atoms. The van der Waals surface area contributed by atoms with Crippen molar-refractivity contribution in [3.8, 4) is 0 Å². The van der Waals surface area contributed by atoms with Gasteiger partial charge in [-0.15, -0.1) is 0 Å². The Bertz CT molecular complexity index is 652. The van der Waals surface area contributed by atoms with Crippen LogP contribution in [0.1, 0.15) is 20.7 Å². The lowest BCUT2D eigenvalue weighted by Crippen LogP contribution is -2.13. The van der Waals surface area contributed by atoms with Crippen molar-refractivity contribution in [1.82, 2.24) is 0 Å². The summed E-state index contributed by atoms with van der Waals surface area (Å²) in [5.41, 5.74) is 0.231. The van der Waals surface area contributed by atoms with Gasteiger partial charge >= 0.3 is 11.6 Å². The zero-order valence-electron chi connectivity index (χ0n) is 9.62. The Morgan fingerprint density at radius 1 is 1.00 bits per heavy atom. The van der Waals surface area contributed by atoms with E-state index in [-0.39, 0.29) is 11.1 Å². The second-order valence-electron chi connectivity index (χ2n) is 3.68. The maximum atomic E-state index is 11.8. The number of benzene rings is 1. The smallest absolute Gasteiger partial charge is 0.335 e. The lowest BCUT2D eigenvalue weighted by atomic mass is 10.2. The van der Waals surface area contributed by atoms with Gasteiger partial charge in [0.2, 0.25) is 0 Å². The Kier molecular flexibility index (Phi) is 3.42. The fraction of sp³-hybridized carbons (Fsp3) is 0. The molecule has 1 aromatic carbocycles. The van der Waals surface area contributed by atoms with Gasteiger partial charge in [0.25, 0.3) is 5.91 Å². The number of carbonyl (C=O) groups is 2. The fourth-order valence-corrected chi connectivity index (χ4v) is 1.39. The van der Waals surface area contributed by atoms with E-state index in [9.17, 15) is 14.4 Å². The third kappa shape index (κ3) is 3.06. The molecule has 2 N–H and O–H groups in total. The minimum absolute atomic E-state index is 0.128. The zero-order valence-corrected chi connectivity index (χ0v) is 9.62. The van der Waals surface area contributed by atoms with E-state index in [4.69, 9.17) is 5.11 Å². The number of rotatable bonds is 3. The topological polar surface area (TPSA) is 96.6 Å². The van der Waals surface area contributed by atoms with Gasteiger partial charge in [0.1, 0.15) is 6.26 Å². The van der Waals surface area contributed by atoms with E-state index in [0.29, 0.717) is 5.69 Å². The molecule has 0 saturated heterocycles. The van der Waals surface area contributed by atoms with Gasteiger partial charge in [0, 0.05) is 11.8 Å². The number of amides is 1. The molecule has 1 heterocycles. The van der Waals surface area contributed by atoms with Crippen LogP contribution in [0.15, 0.2) is 51.9 Å². The molecule has 0 aliphatic rings. The van der Waals surface area contributed by atoms with Crippen LogP contribution in [0.5, 0.6) is 0 Å². The molecule has 2 rings (SSSR count). The maximum absolute atomic E-state index is 11.8. The highest BCUT2D eigenvalue weighted by Gasteiger charge is 2.08. The van der Waals surface area contributed by atoms with Crippen molar-refractivity contribution in [2.24, 2.45) is 0 Å². The number of carboxylic acid groups (broad SMARTS) is 1. The summed E-state index contributed by atoms with van der Waals surface area (Å²) in [6.07, 6.45) is 1.06. The Hall–Kier alpha value is -2.89. The fourth-order valence-electron chi connectivity index (χ4n) is 1.39. The normalized spacial score (nSPS) is 9.89. The van der Waals surface area contributed by atoms with E-state index in [1.54, 1.807) is 0 Å². The van der Waals surface area contributed by atoms with Gasteiger partial charge in [-0.3, -0.25) is 4.79 Å². The highest BCUT2D eigenvalue weighted by Crippen LogP contribution is 2.11. The van der Waals surface area contributed by atoms with Crippen molar-refractivity contribution in [2.45, 2.75) is 0 Å². The number of anilines is 1. The summed E-state index contributed by atoms with van der Waals surface area (Å²) in [4.78, 5) is 33.2. The average molecular weight is 259 g/mol. The van der Waals surface area contributed by atoms with Crippen LogP contribution < -0.4 is 10.9 Å². The van der Waals surface area contributed by atoms with Crippen molar-refractivity contribution >= 4 is 17.6 Å². The first kappa shape index (κ1) is 12.6. The Morgan fingerprint density at radius 2 is 1.63 bits per heavy atom. The second kappa shape index (κ2) is 5.18. The third-order valence-corrected chi connectivity index (χ3v) is 2.35. The van der Waals surface area contributed by atoms with Crippen LogP contribution >= 0.6 is 0 Å². The van der Waals surface area contributed by atoms with Crippen molar-refractivity contribution in [2.75, 3.05) is 5.32 Å². The molecule has 0 fully saturated rings. The van der Waals surface area contributed by atoms with E-state index >= 15 is 0 Å². The summed E-state index contributed by atoms with van der Waals surface area (Å²) < 4.78 is 4.57. The highest BCUT2D eigenvalue weighted by atomic mass is 16.4. The van der Waals surface area contributed by atoms with E-state index in [1.807, 2.05) is 0 Å². The molecular formula is C13H9NO5. The maximum Gasteiger partial charge on any atom is 0.335 e. The number of hydrogen-bond donors (Lipinski definition) is 2. The first-order valence-electron chi connectivity index (χ1n) is 5.30. The van der Waals surface area contributed by atoms with Gasteiger partial charge in [-0.2, -0.15) is 0 Å². The Labute approximate surface area is 107 Å². The molecule has 0 unspecified atom stereocenters. The molecule has 19 heavy (non-hydrogen) atoms. The summed E-state index contributed by atoms with van der Waals surface area (Å²) in [6.45, 7) is 0. The average Bonchev–Trinajstić information content (AvgIpc) is 2.40. The predicted molar refractivity (Wildman–Crippen MR) is 66.3 cm³/mol. The van der Waals surface area contributed by atoms with E-state index in [2.05, 4.69) is 9.73 Å². The van der Waals surface area contributed by atoms with Crippen LogP contribution in [-0.2, 0) is 0 Å². The van der Waals surface area contributed by atoms with Crippen LogP contribution in [0, 0.1) is 0 Å². The van der Waals surface area contributed by atoms with Gasteiger partial charge in [-0.25, -0.2) is 9.59 Å². The van der Waals surface area contributed by atoms with Crippen LogP contribution in [0.3, 0.4) is 0 Å². The van der Waals surface area contributed by atoms with Gasteiger partial charge in [0.15, 0.2) is 0 Å². The standard InChI is InChI=1S/C13H9NO5/c15-11-6-3-9(7-19-11)12(16)14-10-4-1-8(2-5-10)13(17)18/h1-7H,(H,14,16)(H,17,18). The molecule has 0 aliphatic heterocycles. The molecule has 6 nitrogen and oxygen atoms in total. The molecule has 0 atom stereocenters. The molecule has 0 bridgehead atoms. The van der Waals surface area contributed by atoms with Crippen LogP contribution in [0.25, 0.3) is 0 Å². The molecule has 0 aliphatic carbocycles. The minimum Gasteiger partial charge on any atom is -0.478 e. The summed E-state index contributed by atoms with van der Waals surface area (Å²) in [5, 5.41) is 11.3. The number of carbonyl (C=O) groups excluding carboxylic acids is 1. The number of nitrogens with one attached hydrogen (secondary N) is 1. The number of carboxylic acids is 1. The summed E-state index contributed by atoms with van der Waals surface area (Å²) >= 11 is 0. The molecule has 1 amide bonds. The SMILES string of the molecule is O=C(O)c1ccc(NC(=O)c2ccc(=O)oc2)cc1. The molecule has 6 heteroatoms. The number of hydrogen-bond acceptors (Lipinski definition) is 4. The van der Waals surface area contributed by atoms with Crippen LogP contribution in [-0.4, -0.2) is 17.0 Å². The molecule has 2 aromatic rings. The lowest BCUT2D eigenvalue weighted by molar-refractivity contribution is 0.0696. The third-order valence-electron chi connectivity index (χ3n) is 2.35. The van der Waals surface area contributed by atoms with Gasteiger partial charge in [-0.05, 0) is 30.3 Å². The van der Waals surface area contributed by atoms with E-state index < -0.39 is 17.5 Å². The van der Waals surface area contributed by atoms with Crippen LogP contribution in [0.4, 0.5) is 5.69 Å². The summed E-state index contributed by atoms with van der Waals surface area (Å²) in [7, 11) is 0. The van der Waals surface area contributed by atoms with E-state index in [1.165, 1.54) is 30.3 Å². The zero-order chi connectivity index (χ0) is 13.8. The number of aromatic carboxylic acids is 1. The van der Waals surface area contributed by atoms with Crippen LogP contribution in [0.2, 0.25) is 0 Å². The quantitative estimate of drug-likeness (QED) is 0.872. The monoisotopic (exact) mass is 259 g/mol. The summed E-state index contributed by atoms with van der Waals surface area (Å²) in [5.74, 6) is -1.49. The lowest BCUT2D eigenvalue weighted by Gasteiger charge is -2.04. The molecular weight excluding hydrogens is 250 g/mol. The largest absolute Gasteiger partial charge is 0.478 e. The van der Waals surface area contributed by atoms with Gasteiger partial charge in [-0.1, -0.05) is 0 Å². The van der Waals surface area contributed by atoms with Crippen molar-refractivity contribution in [3.05, 3.63) is 64.2 Å². The van der Waals surface area contributed by atoms with Gasteiger partial charge in [0.05, 0.1) is 11.1 Å². The van der Waals surface area contributed by atoms with Crippen molar-refractivity contribution in [3.63, 3.8) is 0 Å². The second-order valence-corrected chi connectivity index (χ2v) is 3.68. The molecule has 0 saturated carbocycles. The molecule has 0 radical (unpaired) electrons. The molecule has 1 aromatic heterocycles. The summed E-state index contributed by atoms with van der Waals surface area (Å²) in [6, 6.07) is 8.18. The Balaban J connectivity index is 2.12. The van der Waals surface area contributed by atoms with E-state index in [0.717, 1.165) is 12.3 Å². The van der Waals surface area contributed by atoms with Crippen molar-refractivity contribution in [1.29, 1.82) is 0 Å². The molecule has 96 valence electrons. The Morgan fingerprint density at radius 3 is 2.16 bits per heavy atom. The highest BCUT2D eigenvalue weighted by molar-refractivity contribution is 6.04. The first-order chi connectivity index (χ1) is 9.06. The first-order valence-corrected chi connectivity index (χ1v) is 5.30.